The summed E-state index contributed by atoms with van der Waals surface area (Å²) in [4.78, 5) is 6.49. The number of aromatic amines is 1. The monoisotopic (exact) mass is 471 g/mol. The molecule has 2 saturated heterocycles. The molecule has 1 N–H and O–H groups in total. The molecule has 2 aliphatic rings. The van der Waals surface area contributed by atoms with Gasteiger partial charge < -0.3 is 14.6 Å². The van der Waals surface area contributed by atoms with Gasteiger partial charge in [0.25, 0.3) is 0 Å². The maximum Gasteiger partial charge on any atom is 0.163 e. The molecule has 1 aromatic carbocycles. The molecule has 5 heterocycles. The molecule has 0 aliphatic carbocycles. The highest BCUT2D eigenvalue weighted by Crippen LogP contribution is 2.39. The normalized spacial score (nSPS) is 18.9. The number of aryl methyl sites for hydroxylation is 2. The third-order valence-corrected chi connectivity index (χ3v) is 8.30. The van der Waals surface area contributed by atoms with Crippen LogP contribution in [-0.2, 0) is 4.74 Å². The number of H-pyrrole nitrogens is 1. The van der Waals surface area contributed by atoms with Crippen molar-refractivity contribution in [2.45, 2.75) is 71.3 Å². The highest BCUT2D eigenvalue weighted by Gasteiger charge is 2.28. The molecule has 0 atom stereocenters. The Morgan fingerprint density at radius 2 is 1.77 bits per heavy atom. The minimum Gasteiger partial charge on any atom is -0.381 e. The Kier molecular flexibility index (Phi) is 5.89. The van der Waals surface area contributed by atoms with Gasteiger partial charge in [0.05, 0.1) is 5.69 Å². The summed E-state index contributed by atoms with van der Waals surface area (Å²) in [6.07, 6.45) is 7.07. The minimum absolute atomic E-state index is 0.419. The number of nitrogens with zero attached hydrogens (tertiary/aromatic N) is 4. The number of pyridine rings is 1. The van der Waals surface area contributed by atoms with Gasteiger partial charge in [-0.05, 0) is 99.3 Å². The van der Waals surface area contributed by atoms with Crippen molar-refractivity contribution in [3.63, 3.8) is 0 Å². The zero-order chi connectivity index (χ0) is 24.1. The third kappa shape index (κ3) is 4.07. The smallest absolute Gasteiger partial charge is 0.163 e. The molecule has 4 aromatic rings. The van der Waals surface area contributed by atoms with Gasteiger partial charge in [-0.25, -0.2) is 0 Å². The second kappa shape index (κ2) is 9.07. The molecule has 0 unspecified atom stereocenters. The molecule has 6 rings (SSSR count). The number of rotatable bonds is 4. The summed E-state index contributed by atoms with van der Waals surface area (Å²) in [6.45, 7) is 13.0. The number of hydrogen-bond donors (Lipinski definition) is 1. The number of ether oxygens (including phenoxy) is 1. The van der Waals surface area contributed by atoms with Crippen LogP contribution < -0.4 is 0 Å². The summed E-state index contributed by atoms with van der Waals surface area (Å²) in [5, 5.41) is 10.0. The summed E-state index contributed by atoms with van der Waals surface area (Å²) in [5.41, 5.74) is 8.63. The first kappa shape index (κ1) is 22.7. The third-order valence-electron chi connectivity index (χ3n) is 8.30. The molecule has 0 amide bonds. The van der Waals surface area contributed by atoms with Gasteiger partial charge in [0.15, 0.2) is 5.65 Å². The zero-order valence-electron chi connectivity index (χ0n) is 21.5. The van der Waals surface area contributed by atoms with Crippen LogP contribution in [0.5, 0.6) is 0 Å². The molecule has 0 bridgehead atoms. The molecule has 3 aromatic heterocycles. The summed E-state index contributed by atoms with van der Waals surface area (Å²) < 4.78 is 7.69. The van der Waals surface area contributed by atoms with Crippen molar-refractivity contribution in [1.82, 2.24) is 24.5 Å². The van der Waals surface area contributed by atoms with Gasteiger partial charge >= 0.3 is 0 Å². The summed E-state index contributed by atoms with van der Waals surface area (Å²) in [5.74, 6) is 1.98. The Bertz CT molecular complexity index is 1350. The number of fused-ring (bicyclic) bond motifs is 2. The van der Waals surface area contributed by atoms with Crippen LogP contribution in [0, 0.1) is 13.8 Å². The number of likely N-dealkylation sites (tertiary alicyclic amines) is 1. The highest BCUT2D eigenvalue weighted by atomic mass is 16.5. The summed E-state index contributed by atoms with van der Waals surface area (Å²) in [6, 6.07) is 10.1. The van der Waals surface area contributed by atoms with E-state index in [0.29, 0.717) is 11.8 Å². The van der Waals surface area contributed by atoms with E-state index in [-0.39, 0.29) is 0 Å². The maximum absolute atomic E-state index is 5.58. The average molecular weight is 472 g/mol. The average Bonchev–Trinajstić information content (AvgIpc) is 3.45. The maximum atomic E-state index is 5.58. The Morgan fingerprint density at radius 3 is 2.51 bits per heavy atom. The van der Waals surface area contributed by atoms with Crippen LogP contribution in [0.25, 0.3) is 27.8 Å². The van der Waals surface area contributed by atoms with Crippen LogP contribution in [0.1, 0.15) is 73.9 Å². The molecule has 0 spiro atoms. The van der Waals surface area contributed by atoms with E-state index in [1.165, 1.54) is 72.1 Å². The fourth-order valence-corrected chi connectivity index (χ4v) is 6.36. The van der Waals surface area contributed by atoms with Gasteiger partial charge in [0.2, 0.25) is 0 Å². The molecule has 2 fully saturated rings. The van der Waals surface area contributed by atoms with Crippen molar-refractivity contribution in [2.24, 2.45) is 0 Å². The standard InChI is InChI=1S/C29H37N5O/c1-18(2)27-25-16-22(21-7-11-33(12-8-21)24-9-13-35-14-10-24)5-6-26(25)30-28(27)23-15-19(3)29-32-31-20(4)34(29)17-23/h5-6,15-18,21,24,30H,7-14H2,1-4H3. The van der Waals surface area contributed by atoms with E-state index in [9.17, 15) is 0 Å². The van der Waals surface area contributed by atoms with E-state index in [2.05, 4.69) is 75.7 Å². The SMILES string of the molecule is Cc1cc(-c2[nH]c3ccc(C4CCN(C5CCOCC5)CC4)cc3c2C(C)C)cn2c(C)nnc12. The van der Waals surface area contributed by atoms with E-state index >= 15 is 0 Å². The van der Waals surface area contributed by atoms with E-state index in [1.807, 2.05) is 6.92 Å². The minimum atomic E-state index is 0.419. The highest BCUT2D eigenvalue weighted by molar-refractivity contribution is 5.92. The van der Waals surface area contributed by atoms with Crippen molar-refractivity contribution >= 4 is 16.6 Å². The van der Waals surface area contributed by atoms with Crippen LogP contribution in [0.3, 0.4) is 0 Å². The lowest BCUT2D eigenvalue weighted by Gasteiger charge is -2.39. The summed E-state index contributed by atoms with van der Waals surface area (Å²) >= 11 is 0. The lowest BCUT2D eigenvalue weighted by molar-refractivity contribution is 0.0252. The van der Waals surface area contributed by atoms with Crippen molar-refractivity contribution in [3.8, 4) is 11.3 Å². The first-order chi connectivity index (χ1) is 17.0. The van der Waals surface area contributed by atoms with Crippen molar-refractivity contribution in [2.75, 3.05) is 26.3 Å². The second-order valence-electron chi connectivity index (χ2n) is 10.9. The van der Waals surface area contributed by atoms with Crippen molar-refractivity contribution in [1.29, 1.82) is 0 Å². The molecule has 2 aliphatic heterocycles. The number of benzene rings is 1. The largest absolute Gasteiger partial charge is 0.381 e. The fourth-order valence-electron chi connectivity index (χ4n) is 6.36. The Morgan fingerprint density at radius 1 is 1.00 bits per heavy atom. The van der Waals surface area contributed by atoms with Gasteiger partial charge in [-0.15, -0.1) is 10.2 Å². The molecule has 0 radical (unpaired) electrons. The summed E-state index contributed by atoms with van der Waals surface area (Å²) in [7, 11) is 0. The first-order valence-electron chi connectivity index (χ1n) is 13.3. The quantitative estimate of drug-likeness (QED) is 0.398. The van der Waals surface area contributed by atoms with Crippen LogP contribution >= 0.6 is 0 Å². The number of nitrogens with one attached hydrogen (secondary N) is 1. The molecular weight excluding hydrogens is 434 g/mol. The second-order valence-corrected chi connectivity index (χ2v) is 10.9. The van der Waals surface area contributed by atoms with Crippen LogP contribution in [0.2, 0.25) is 0 Å². The molecule has 184 valence electrons. The Balaban J connectivity index is 1.33. The van der Waals surface area contributed by atoms with Crippen molar-refractivity contribution < 1.29 is 4.74 Å². The van der Waals surface area contributed by atoms with Gasteiger partial charge in [-0.3, -0.25) is 4.40 Å². The fraction of sp³-hybridized carbons (Fsp3) is 0.517. The molecule has 6 heteroatoms. The lowest BCUT2D eigenvalue weighted by Crippen LogP contribution is -2.43. The number of aromatic nitrogens is 4. The van der Waals surface area contributed by atoms with Crippen molar-refractivity contribution in [3.05, 3.63) is 53.0 Å². The van der Waals surface area contributed by atoms with Crippen LogP contribution in [0.15, 0.2) is 30.5 Å². The van der Waals surface area contributed by atoms with E-state index in [0.717, 1.165) is 36.3 Å². The van der Waals surface area contributed by atoms with Gasteiger partial charge in [-0.1, -0.05) is 19.9 Å². The lowest BCUT2D eigenvalue weighted by atomic mass is 9.86. The molecular formula is C29H37N5O. The Hall–Kier alpha value is -2.70. The number of hydrogen-bond acceptors (Lipinski definition) is 4. The molecule has 0 saturated carbocycles. The predicted octanol–water partition coefficient (Wildman–Crippen LogP) is 5.98. The first-order valence-corrected chi connectivity index (χ1v) is 13.3. The van der Waals surface area contributed by atoms with Crippen LogP contribution in [0.4, 0.5) is 0 Å². The van der Waals surface area contributed by atoms with E-state index in [4.69, 9.17) is 4.74 Å². The van der Waals surface area contributed by atoms with Gasteiger partial charge in [-0.2, -0.15) is 0 Å². The predicted molar refractivity (Wildman–Crippen MR) is 141 cm³/mol. The van der Waals surface area contributed by atoms with E-state index < -0.39 is 0 Å². The topological polar surface area (TPSA) is 58.5 Å². The molecule has 35 heavy (non-hydrogen) atoms. The van der Waals surface area contributed by atoms with Gasteiger partial charge in [0.1, 0.15) is 5.82 Å². The molecule has 6 nitrogen and oxygen atoms in total. The number of piperidine rings is 1. The van der Waals surface area contributed by atoms with E-state index in [1.54, 1.807) is 0 Å². The van der Waals surface area contributed by atoms with Gasteiger partial charge in [0, 0.05) is 41.9 Å². The zero-order valence-corrected chi connectivity index (χ0v) is 21.5. The van der Waals surface area contributed by atoms with Crippen LogP contribution in [-0.4, -0.2) is 56.8 Å². The Labute approximate surface area is 207 Å².